The van der Waals surface area contributed by atoms with E-state index in [4.69, 9.17) is 14.9 Å². The summed E-state index contributed by atoms with van der Waals surface area (Å²) in [5.74, 6) is 1.75. The molecule has 4 rings (SSSR count). The van der Waals surface area contributed by atoms with Crippen LogP contribution in [0.1, 0.15) is 39.6 Å². The topological polar surface area (TPSA) is 133 Å². The Balaban J connectivity index is 1.50. The summed E-state index contributed by atoms with van der Waals surface area (Å²) in [4.78, 5) is 26.6. The van der Waals surface area contributed by atoms with Crippen molar-refractivity contribution in [1.82, 2.24) is 25.1 Å². The number of furan rings is 1. The van der Waals surface area contributed by atoms with Crippen molar-refractivity contribution in [1.29, 1.82) is 0 Å². The number of thiophene rings is 1. The first-order valence-electron chi connectivity index (χ1n) is 8.84. The smallest absolute Gasteiger partial charge is 0.342 e. The van der Waals surface area contributed by atoms with E-state index < -0.39 is 5.97 Å². The number of hydrogen-bond acceptors (Lipinski definition) is 10. The first kappa shape index (κ1) is 19.4. The Morgan fingerprint density at radius 1 is 1.38 bits per heavy atom. The van der Waals surface area contributed by atoms with Gasteiger partial charge in [0.25, 0.3) is 0 Å². The number of H-pyrrole nitrogens is 1. The number of aromatic amines is 1. The zero-order valence-corrected chi connectivity index (χ0v) is 17.4. The van der Waals surface area contributed by atoms with Crippen molar-refractivity contribution < 1.29 is 13.9 Å². The average Bonchev–Trinajstić information content (AvgIpc) is 3.41. The number of esters is 1. The molecule has 0 saturated heterocycles. The number of hydrogen-bond donors (Lipinski definition) is 2. The summed E-state index contributed by atoms with van der Waals surface area (Å²) in [7, 11) is 0. The molecule has 3 N–H and O–H groups in total. The van der Waals surface area contributed by atoms with E-state index in [0.29, 0.717) is 34.3 Å². The molecule has 0 radical (unpaired) electrons. The maximum Gasteiger partial charge on any atom is 0.342 e. The Bertz CT molecular complexity index is 1150. The molecule has 0 bridgehead atoms. The molecule has 0 aliphatic carbocycles. The van der Waals surface area contributed by atoms with Crippen LogP contribution in [-0.4, -0.2) is 37.7 Å². The Hall–Kier alpha value is -2.92. The fourth-order valence-electron chi connectivity index (χ4n) is 2.83. The largest absolute Gasteiger partial charge is 0.462 e. The van der Waals surface area contributed by atoms with Crippen LogP contribution < -0.4 is 5.73 Å². The van der Waals surface area contributed by atoms with Gasteiger partial charge < -0.3 is 14.9 Å². The third-order valence-electron chi connectivity index (χ3n) is 4.04. The second kappa shape index (κ2) is 8.21. The van der Waals surface area contributed by atoms with E-state index in [-0.39, 0.29) is 23.7 Å². The van der Waals surface area contributed by atoms with Crippen molar-refractivity contribution >= 4 is 46.0 Å². The molecule has 0 aromatic carbocycles. The zero-order valence-electron chi connectivity index (χ0n) is 15.8. The molecule has 0 atom stereocenters. The van der Waals surface area contributed by atoms with Gasteiger partial charge in [-0.25, -0.2) is 14.8 Å². The fourth-order valence-corrected chi connectivity index (χ4v) is 4.21. The number of carbonyl (C=O) groups is 1. The van der Waals surface area contributed by atoms with Crippen LogP contribution in [0.4, 0.5) is 5.82 Å². The van der Waals surface area contributed by atoms with Crippen LogP contribution in [-0.2, 0) is 16.9 Å². The molecule has 0 amide bonds. The Kier molecular flexibility index (Phi) is 5.49. The molecule has 0 spiro atoms. The lowest BCUT2D eigenvalue weighted by atomic mass is 10.2. The molecule has 0 saturated carbocycles. The third-order valence-corrected chi connectivity index (χ3v) is 5.76. The molecule has 0 fully saturated rings. The van der Waals surface area contributed by atoms with Gasteiger partial charge in [-0.3, -0.25) is 5.10 Å². The lowest BCUT2D eigenvalue weighted by Gasteiger charge is -2.03. The number of nitrogens with two attached hydrogens (primary N) is 1. The minimum absolute atomic E-state index is 0.180. The number of thioether (sulfide) groups is 1. The Morgan fingerprint density at radius 3 is 3.00 bits per heavy atom. The molecule has 4 heterocycles. The van der Waals surface area contributed by atoms with Gasteiger partial charge in [0, 0.05) is 11.3 Å². The van der Waals surface area contributed by atoms with Crippen molar-refractivity contribution in [2.45, 2.75) is 31.2 Å². The molecule has 0 aliphatic rings. The SMILES string of the molecule is CCOC(=O)c1c(C)oc2nc(CSc3n[nH]c(Cc4cccs4)n3)nc(N)c12. The van der Waals surface area contributed by atoms with Crippen molar-refractivity contribution in [3.63, 3.8) is 0 Å². The van der Waals surface area contributed by atoms with Gasteiger partial charge in [0.05, 0.1) is 17.7 Å². The van der Waals surface area contributed by atoms with Crippen molar-refractivity contribution in [3.8, 4) is 0 Å². The highest BCUT2D eigenvalue weighted by Gasteiger charge is 2.24. The standard InChI is InChI=1S/C18H18N6O3S2/c1-3-26-17(25)13-9(2)27-16-14(13)15(19)20-12(21-16)8-29-18-22-11(23-24-18)7-10-5-4-6-28-10/h4-6H,3,7-8H2,1-2H3,(H2,19,20,21)(H,22,23,24). The van der Waals surface area contributed by atoms with E-state index in [1.807, 2.05) is 11.4 Å². The van der Waals surface area contributed by atoms with Gasteiger partial charge in [0.2, 0.25) is 10.9 Å². The summed E-state index contributed by atoms with van der Waals surface area (Å²) < 4.78 is 10.7. The highest BCUT2D eigenvalue weighted by atomic mass is 32.2. The predicted octanol–water partition coefficient (Wildman–Crippen LogP) is 3.35. The van der Waals surface area contributed by atoms with Gasteiger partial charge in [-0.2, -0.15) is 4.98 Å². The second-order valence-electron chi connectivity index (χ2n) is 6.07. The highest BCUT2D eigenvalue weighted by Crippen LogP contribution is 2.30. The lowest BCUT2D eigenvalue weighted by Crippen LogP contribution is -2.07. The molecule has 4 aromatic heterocycles. The van der Waals surface area contributed by atoms with Crippen molar-refractivity contribution in [2.24, 2.45) is 0 Å². The van der Waals surface area contributed by atoms with Gasteiger partial charge in [-0.1, -0.05) is 17.8 Å². The monoisotopic (exact) mass is 430 g/mol. The normalized spacial score (nSPS) is 11.2. The van der Waals surface area contributed by atoms with E-state index >= 15 is 0 Å². The minimum atomic E-state index is -0.500. The summed E-state index contributed by atoms with van der Waals surface area (Å²) in [5.41, 5.74) is 6.62. The van der Waals surface area contributed by atoms with Crippen LogP contribution in [0.15, 0.2) is 27.1 Å². The molecular formula is C18H18N6O3S2. The Labute approximate surface area is 174 Å². The highest BCUT2D eigenvalue weighted by molar-refractivity contribution is 7.98. The fraction of sp³-hybridized carbons (Fsp3) is 0.278. The van der Waals surface area contributed by atoms with Gasteiger partial charge in [0.15, 0.2) is 0 Å². The lowest BCUT2D eigenvalue weighted by molar-refractivity contribution is 0.0526. The summed E-state index contributed by atoms with van der Waals surface area (Å²) in [6, 6.07) is 4.06. The molecule has 11 heteroatoms. The van der Waals surface area contributed by atoms with Crippen LogP contribution >= 0.6 is 23.1 Å². The van der Waals surface area contributed by atoms with Gasteiger partial charge in [-0.05, 0) is 25.3 Å². The summed E-state index contributed by atoms with van der Waals surface area (Å²) >= 11 is 3.06. The number of carbonyl (C=O) groups excluding carboxylic acids is 1. The van der Waals surface area contributed by atoms with E-state index in [2.05, 4.69) is 31.2 Å². The molecule has 4 aromatic rings. The van der Waals surface area contributed by atoms with Crippen molar-refractivity contribution in [2.75, 3.05) is 12.3 Å². The second-order valence-corrected chi connectivity index (χ2v) is 8.04. The van der Waals surface area contributed by atoms with E-state index in [1.54, 1.807) is 25.2 Å². The average molecular weight is 431 g/mol. The van der Waals surface area contributed by atoms with Crippen LogP contribution in [0.2, 0.25) is 0 Å². The maximum atomic E-state index is 12.2. The van der Waals surface area contributed by atoms with Crippen molar-refractivity contribution in [3.05, 3.63) is 45.4 Å². The van der Waals surface area contributed by atoms with Crippen LogP contribution in [0.5, 0.6) is 0 Å². The van der Waals surface area contributed by atoms with Gasteiger partial charge in [0.1, 0.15) is 28.8 Å². The molecular weight excluding hydrogens is 412 g/mol. The van der Waals surface area contributed by atoms with Crippen LogP contribution in [0, 0.1) is 6.92 Å². The summed E-state index contributed by atoms with van der Waals surface area (Å²) in [5, 5.41) is 10.2. The Morgan fingerprint density at radius 2 is 2.24 bits per heavy atom. The predicted molar refractivity (Wildman–Crippen MR) is 110 cm³/mol. The number of nitrogen functional groups attached to an aromatic ring is 1. The number of anilines is 1. The first-order chi connectivity index (χ1) is 14.0. The van der Waals surface area contributed by atoms with E-state index in [0.717, 1.165) is 5.82 Å². The summed E-state index contributed by atoms with van der Waals surface area (Å²) in [6.07, 6.45) is 0.711. The van der Waals surface area contributed by atoms with Crippen LogP contribution in [0.3, 0.4) is 0 Å². The zero-order chi connectivity index (χ0) is 20.4. The number of aryl methyl sites for hydroxylation is 1. The molecule has 0 aliphatic heterocycles. The quantitative estimate of drug-likeness (QED) is 0.334. The molecule has 9 nitrogen and oxygen atoms in total. The number of rotatable bonds is 7. The van der Waals surface area contributed by atoms with E-state index in [9.17, 15) is 4.79 Å². The summed E-state index contributed by atoms with van der Waals surface area (Å²) in [6.45, 7) is 3.66. The molecule has 29 heavy (non-hydrogen) atoms. The molecule has 0 unspecified atom stereocenters. The van der Waals surface area contributed by atoms with Gasteiger partial charge in [-0.15, -0.1) is 16.4 Å². The van der Waals surface area contributed by atoms with E-state index in [1.165, 1.54) is 16.6 Å². The number of nitrogens with zero attached hydrogens (tertiary/aromatic N) is 4. The minimum Gasteiger partial charge on any atom is -0.462 e. The van der Waals surface area contributed by atoms with Crippen LogP contribution in [0.25, 0.3) is 11.1 Å². The van der Waals surface area contributed by atoms with Gasteiger partial charge >= 0.3 is 5.97 Å². The number of aromatic nitrogens is 5. The third kappa shape index (κ3) is 4.10. The number of ether oxygens (including phenoxy) is 1. The molecule has 150 valence electrons. The number of fused-ring (bicyclic) bond motifs is 1. The number of nitrogens with one attached hydrogen (secondary N) is 1. The first-order valence-corrected chi connectivity index (χ1v) is 10.7. The maximum absolute atomic E-state index is 12.2.